The van der Waals surface area contributed by atoms with E-state index in [1.165, 1.54) is 6.08 Å². The lowest BCUT2D eigenvalue weighted by atomic mass is 10.1. The second-order valence-electron chi connectivity index (χ2n) is 2.32. The molecule has 3 nitrogen and oxygen atoms in total. The summed E-state index contributed by atoms with van der Waals surface area (Å²) in [6.07, 6.45) is 1.79. The second kappa shape index (κ2) is 3.03. The van der Waals surface area contributed by atoms with Crippen LogP contribution in [0.5, 0.6) is 0 Å². The second-order valence-corrected chi connectivity index (χ2v) is 3.39. The first-order valence-electron chi connectivity index (χ1n) is 3.03. The Bertz CT molecular complexity index is 289. The van der Waals surface area contributed by atoms with Crippen LogP contribution in [0, 0.1) is 10.1 Å². The van der Waals surface area contributed by atoms with Gasteiger partial charge in [-0.25, -0.2) is 4.39 Å². The minimum Gasteiger partial charge on any atom is -0.262 e. The third kappa shape index (κ3) is 1.59. The fraction of sp³-hybridized carbons (Fsp3) is 0.333. The van der Waals surface area contributed by atoms with E-state index in [1.54, 1.807) is 0 Å². The van der Waals surface area contributed by atoms with Gasteiger partial charge in [0.2, 0.25) is 0 Å². The minimum absolute atomic E-state index is 0.103. The predicted octanol–water partition coefficient (Wildman–Crippen LogP) is 2.58. The van der Waals surface area contributed by atoms with E-state index in [0.29, 0.717) is 6.08 Å². The van der Waals surface area contributed by atoms with Crippen LogP contribution in [0.2, 0.25) is 0 Å². The molecule has 6 heteroatoms. The zero-order valence-electron chi connectivity index (χ0n) is 5.76. The molecule has 1 unspecified atom stereocenters. The Morgan fingerprint density at radius 1 is 1.75 bits per heavy atom. The van der Waals surface area contributed by atoms with Crippen molar-refractivity contribution >= 4 is 23.2 Å². The molecule has 0 aromatic heterocycles. The third-order valence-electron chi connectivity index (χ3n) is 1.45. The van der Waals surface area contributed by atoms with Gasteiger partial charge in [0, 0.05) is 11.0 Å². The van der Waals surface area contributed by atoms with Crippen LogP contribution in [-0.2, 0) is 0 Å². The van der Waals surface area contributed by atoms with Crippen LogP contribution in [0.25, 0.3) is 0 Å². The van der Waals surface area contributed by atoms with Gasteiger partial charge in [-0.05, 0) is 11.6 Å². The van der Waals surface area contributed by atoms with Gasteiger partial charge in [0.05, 0.1) is 11.5 Å². The highest BCUT2D eigenvalue weighted by Gasteiger charge is 2.40. The molecule has 0 aromatic rings. The highest BCUT2D eigenvalue weighted by molar-refractivity contribution is 6.32. The van der Waals surface area contributed by atoms with Crippen molar-refractivity contribution in [3.8, 4) is 0 Å². The summed E-state index contributed by atoms with van der Waals surface area (Å²) in [6, 6.07) is 0. The van der Waals surface area contributed by atoms with Crippen LogP contribution in [0.3, 0.4) is 0 Å². The van der Waals surface area contributed by atoms with Gasteiger partial charge in [0.15, 0.2) is 0 Å². The highest BCUT2D eigenvalue weighted by atomic mass is 35.5. The summed E-state index contributed by atoms with van der Waals surface area (Å²) >= 11 is 10.8. The maximum absolute atomic E-state index is 12.7. The van der Waals surface area contributed by atoms with Crippen molar-refractivity contribution < 1.29 is 9.31 Å². The molecule has 1 rings (SSSR count). The first-order valence-corrected chi connectivity index (χ1v) is 3.79. The first kappa shape index (κ1) is 9.48. The van der Waals surface area contributed by atoms with Crippen LogP contribution >= 0.6 is 23.2 Å². The molecule has 0 saturated carbocycles. The van der Waals surface area contributed by atoms with Gasteiger partial charge in [-0.1, -0.05) is 17.7 Å². The molecule has 0 aromatic carbocycles. The molecule has 0 saturated heterocycles. The van der Waals surface area contributed by atoms with E-state index < -0.39 is 15.7 Å². The Morgan fingerprint density at radius 2 is 2.33 bits per heavy atom. The summed E-state index contributed by atoms with van der Waals surface area (Å²) < 4.78 is 12.7. The summed E-state index contributed by atoms with van der Waals surface area (Å²) in [5.74, 6) is -0.852. The number of halogens is 3. The molecular formula is C6H4Cl2FNO2. The Labute approximate surface area is 77.6 Å². The monoisotopic (exact) mass is 211 g/mol. The largest absolute Gasteiger partial charge is 0.320 e. The number of rotatable bonds is 1. The molecule has 12 heavy (non-hydrogen) atoms. The molecule has 0 fully saturated rings. The molecule has 1 aliphatic carbocycles. The van der Waals surface area contributed by atoms with Crippen LogP contribution in [0.15, 0.2) is 23.0 Å². The lowest BCUT2D eigenvalue weighted by molar-refractivity contribution is -0.527. The maximum atomic E-state index is 12.7. The van der Waals surface area contributed by atoms with Crippen LogP contribution in [0.1, 0.15) is 6.42 Å². The number of nitro groups is 1. The van der Waals surface area contributed by atoms with Gasteiger partial charge in [-0.2, -0.15) is 0 Å². The van der Waals surface area contributed by atoms with Crippen molar-refractivity contribution in [2.75, 3.05) is 0 Å². The van der Waals surface area contributed by atoms with E-state index in [1.807, 2.05) is 0 Å². The summed E-state index contributed by atoms with van der Waals surface area (Å²) in [6.45, 7) is 0. The Hall–Kier alpha value is -0.610. The van der Waals surface area contributed by atoms with Crippen molar-refractivity contribution in [1.82, 2.24) is 0 Å². The lowest BCUT2D eigenvalue weighted by Crippen LogP contribution is -2.30. The van der Waals surface area contributed by atoms with Crippen molar-refractivity contribution in [1.29, 1.82) is 0 Å². The normalized spacial score (nSPS) is 29.2. The quantitative estimate of drug-likeness (QED) is 0.290. The Balaban J connectivity index is 2.98. The van der Waals surface area contributed by atoms with E-state index in [-0.39, 0.29) is 11.5 Å². The molecule has 0 bridgehead atoms. The van der Waals surface area contributed by atoms with Crippen LogP contribution in [0.4, 0.5) is 4.39 Å². The van der Waals surface area contributed by atoms with Gasteiger partial charge in [0.1, 0.15) is 5.83 Å². The van der Waals surface area contributed by atoms with Crippen LogP contribution in [-0.4, -0.2) is 9.92 Å². The predicted molar refractivity (Wildman–Crippen MR) is 43.3 cm³/mol. The number of alkyl halides is 1. The van der Waals surface area contributed by atoms with E-state index in [0.717, 1.165) is 0 Å². The molecule has 0 N–H and O–H groups in total. The fourth-order valence-corrected chi connectivity index (χ4v) is 1.08. The fourth-order valence-electron chi connectivity index (χ4n) is 0.780. The first-order chi connectivity index (χ1) is 5.46. The van der Waals surface area contributed by atoms with E-state index in [4.69, 9.17) is 23.2 Å². The third-order valence-corrected chi connectivity index (χ3v) is 2.18. The average Bonchev–Trinajstić information content (AvgIpc) is 1.97. The van der Waals surface area contributed by atoms with Gasteiger partial charge in [-0.3, -0.25) is 10.1 Å². The molecule has 1 aliphatic rings. The van der Waals surface area contributed by atoms with Crippen molar-refractivity contribution in [2.45, 2.75) is 11.4 Å². The van der Waals surface area contributed by atoms with Crippen molar-refractivity contribution in [2.24, 2.45) is 0 Å². The molecular weight excluding hydrogens is 208 g/mol. The van der Waals surface area contributed by atoms with Gasteiger partial charge in [-0.15, -0.1) is 0 Å². The van der Waals surface area contributed by atoms with E-state index in [9.17, 15) is 14.5 Å². The van der Waals surface area contributed by atoms with Gasteiger partial charge in [0.25, 0.3) is 0 Å². The Morgan fingerprint density at radius 3 is 2.75 bits per heavy atom. The Kier molecular flexibility index (Phi) is 2.39. The number of nitrogens with zero attached hydrogens (tertiary/aromatic N) is 1. The molecule has 0 radical (unpaired) electrons. The highest BCUT2D eigenvalue weighted by Crippen LogP contribution is 2.33. The molecule has 0 heterocycles. The number of hydrogen-bond donors (Lipinski definition) is 0. The summed E-state index contributed by atoms with van der Waals surface area (Å²) in [5, 5.41) is 10.2. The van der Waals surface area contributed by atoms with E-state index in [2.05, 4.69) is 0 Å². The minimum atomic E-state index is -1.87. The standard InChI is InChI=1S/C6H4Cl2FNO2/c7-4-1-2-6(8,10(11)12)3-5(4)9/h1,3H,2H2. The van der Waals surface area contributed by atoms with Crippen molar-refractivity contribution in [3.63, 3.8) is 0 Å². The topological polar surface area (TPSA) is 43.1 Å². The summed E-state index contributed by atoms with van der Waals surface area (Å²) in [7, 11) is 0. The number of hydrogen-bond acceptors (Lipinski definition) is 2. The van der Waals surface area contributed by atoms with Gasteiger partial charge >= 0.3 is 5.00 Å². The van der Waals surface area contributed by atoms with Crippen molar-refractivity contribution in [3.05, 3.63) is 33.1 Å². The molecule has 0 aliphatic heterocycles. The van der Waals surface area contributed by atoms with Crippen LogP contribution < -0.4 is 0 Å². The SMILES string of the molecule is O=[N+]([O-])C1(Cl)C=C(F)C(Cl)=CC1. The zero-order chi connectivity index (χ0) is 9.35. The summed E-state index contributed by atoms with van der Waals surface area (Å²) in [4.78, 5) is 7.69. The smallest absolute Gasteiger partial charge is 0.262 e. The number of allylic oxidation sites excluding steroid dienone is 2. The van der Waals surface area contributed by atoms with Gasteiger partial charge < -0.3 is 0 Å². The molecule has 0 spiro atoms. The molecule has 1 atom stereocenters. The molecule has 66 valence electrons. The molecule has 0 amide bonds. The average molecular weight is 212 g/mol. The zero-order valence-corrected chi connectivity index (χ0v) is 7.27. The maximum Gasteiger partial charge on any atom is 0.320 e. The summed E-state index contributed by atoms with van der Waals surface area (Å²) in [5.41, 5.74) is 0. The van der Waals surface area contributed by atoms with E-state index >= 15 is 0 Å². The lowest BCUT2D eigenvalue weighted by Gasteiger charge is -2.15.